The Kier molecular flexibility index (Phi) is 2.96. The van der Waals surface area contributed by atoms with E-state index in [-0.39, 0.29) is 5.91 Å². The van der Waals surface area contributed by atoms with E-state index in [1.54, 1.807) is 6.07 Å². The number of nitrogens with one attached hydrogen (secondary N) is 1. The molecule has 15 heavy (non-hydrogen) atoms. The van der Waals surface area contributed by atoms with Crippen LogP contribution in [0.2, 0.25) is 5.02 Å². The Morgan fingerprint density at radius 2 is 2.20 bits per heavy atom. The van der Waals surface area contributed by atoms with Gasteiger partial charge in [-0.25, -0.2) is 0 Å². The Morgan fingerprint density at radius 1 is 1.47 bits per heavy atom. The van der Waals surface area contributed by atoms with E-state index in [4.69, 9.17) is 11.6 Å². The molecule has 3 heteroatoms. The molecule has 0 bridgehead atoms. The minimum atomic E-state index is -0.0208. The minimum Gasteiger partial charge on any atom is -0.352 e. The van der Waals surface area contributed by atoms with Crippen LogP contribution in [0.3, 0.4) is 0 Å². The van der Waals surface area contributed by atoms with E-state index in [0.29, 0.717) is 16.5 Å². The summed E-state index contributed by atoms with van der Waals surface area (Å²) in [6, 6.07) is 5.41. The van der Waals surface area contributed by atoms with E-state index in [2.05, 4.69) is 5.32 Å². The molecule has 0 unspecified atom stereocenters. The zero-order valence-electron chi connectivity index (χ0n) is 8.72. The maximum absolute atomic E-state index is 11.7. The van der Waals surface area contributed by atoms with Crippen molar-refractivity contribution in [1.29, 1.82) is 0 Å². The quantitative estimate of drug-likeness (QED) is 0.839. The molecule has 0 atom stereocenters. The molecule has 0 aliphatic heterocycles. The van der Waals surface area contributed by atoms with Crippen LogP contribution < -0.4 is 5.32 Å². The number of hydrogen-bond donors (Lipinski definition) is 1. The Morgan fingerprint density at radius 3 is 2.80 bits per heavy atom. The third-order valence-corrected chi connectivity index (χ3v) is 2.77. The van der Waals surface area contributed by atoms with Crippen molar-refractivity contribution in [2.45, 2.75) is 19.8 Å². The van der Waals surface area contributed by atoms with Gasteiger partial charge in [-0.05, 0) is 49.4 Å². The van der Waals surface area contributed by atoms with E-state index >= 15 is 0 Å². The molecule has 1 fully saturated rings. The number of carbonyl (C=O) groups is 1. The molecule has 1 N–H and O–H groups in total. The summed E-state index contributed by atoms with van der Waals surface area (Å²) >= 11 is 5.89. The fourth-order valence-electron chi connectivity index (χ4n) is 1.53. The van der Waals surface area contributed by atoms with Gasteiger partial charge >= 0.3 is 0 Å². The van der Waals surface area contributed by atoms with Crippen molar-refractivity contribution in [3.05, 3.63) is 34.3 Å². The molecule has 1 aliphatic rings. The normalized spacial score (nSPS) is 15.1. The molecule has 80 valence electrons. The third kappa shape index (κ3) is 2.96. The molecule has 0 radical (unpaired) electrons. The number of hydrogen-bond acceptors (Lipinski definition) is 1. The van der Waals surface area contributed by atoms with Crippen molar-refractivity contribution >= 4 is 17.5 Å². The number of rotatable bonds is 3. The van der Waals surface area contributed by atoms with Crippen LogP contribution >= 0.6 is 11.6 Å². The highest BCUT2D eigenvalue weighted by molar-refractivity contribution is 6.31. The van der Waals surface area contributed by atoms with Crippen molar-refractivity contribution in [3.8, 4) is 0 Å². The van der Waals surface area contributed by atoms with Crippen molar-refractivity contribution < 1.29 is 4.79 Å². The zero-order valence-corrected chi connectivity index (χ0v) is 9.47. The van der Waals surface area contributed by atoms with Crippen LogP contribution in [0.15, 0.2) is 18.2 Å². The number of carbonyl (C=O) groups excluding carboxylic acids is 1. The molecule has 0 aromatic heterocycles. The Balaban J connectivity index is 2.02. The first-order valence-corrected chi connectivity index (χ1v) is 5.58. The lowest BCUT2D eigenvalue weighted by atomic mass is 10.1. The maximum Gasteiger partial charge on any atom is 0.251 e. The number of amides is 1. The van der Waals surface area contributed by atoms with Crippen molar-refractivity contribution in [2.75, 3.05) is 6.54 Å². The van der Waals surface area contributed by atoms with Gasteiger partial charge in [0.1, 0.15) is 0 Å². The molecule has 1 aromatic carbocycles. The lowest BCUT2D eigenvalue weighted by molar-refractivity contribution is 0.0951. The summed E-state index contributed by atoms with van der Waals surface area (Å²) in [7, 11) is 0. The van der Waals surface area contributed by atoms with Crippen LogP contribution in [-0.2, 0) is 0 Å². The van der Waals surface area contributed by atoms with Crippen molar-refractivity contribution in [2.24, 2.45) is 5.92 Å². The van der Waals surface area contributed by atoms with Crippen LogP contribution in [-0.4, -0.2) is 12.5 Å². The van der Waals surface area contributed by atoms with Gasteiger partial charge in [-0.3, -0.25) is 4.79 Å². The topological polar surface area (TPSA) is 29.1 Å². The standard InChI is InChI=1S/C12H14ClNO/c1-8-4-10(6-11(13)5-8)12(15)14-7-9-2-3-9/h4-6,9H,2-3,7H2,1H3,(H,14,15). The second-order valence-corrected chi connectivity index (χ2v) is 4.61. The van der Waals surface area contributed by atoms with Gasteiger partial charge in [-0.1, -0.05) is 11.6 Å². The fourth-order valence-corrected chi connectivity index (χ4v) is 1.82. The van der Waals surface area contributed by atoms with Crippen LogP contribution in [0.25, 0.3) is 0 Å². The summed E-state index contributed by atoms with van der Waals surface area (Å²) in [6.07, 6.45) is 2.49. The largest absolute Gasteiger partial charge is 0.352 e. The molecule has 1 amide bonds. The summed E-state index contributed by atoms with van der Waals surface area (Å²) in [4.78, 5) is 11.7. The molecule has 2 nitrogen and oxygen atoms in total. The Bertz CT molecular complexity index is 365. The molecule has 0 saturated heterocycles. The summed E-state index contributed by atoms with van der Waals surface area (Å²) < 4.78 is 0. The fraction of sp³-hybridized carbons (Fsp3) is 0.417. The van der Waals surface area contributed by atoms with Gasteiger partial charge < -0.3 is 5.32 Å². The smallest absolute Gasteiger partial charge is 0.251 e. The highest BCUT2D eigenvalue weighted by atomic mass is 35.5. The molecule has 2 rings (SSSR count). The lowest BCUT2D eigenvalue weighted by Gasteiger charge is -2.05. The molecule has 0 spiro atoms. The van der Waals surface area contributed by atoms with E-state index in [1.165, 1.54) is 12.8 Å². The van der Waals surface area contributed by atoms with Crippen LogP contribution in [0.5, 0.6) is 0 Å². The van der Waals surface area contributed by atoms with Crippen molar-refractivity contribution in [3.63, 3.8) is 0 Å². The van der Waals surface area contributed by atoms with Gasteiger partial charge in [0.2, 0.25) is 0 Å². The second kappa shape index (κ2) is 4.23. The molecule has 0 heterocycles. The third-order valence-electron chi connectivity index (χ3n) is 2.55. The average molecular weight is 224 g/mol. The molecule has 1 aromatic rings. The van der Waals surface area contributed by atoms with E-state index in [9.17, 15) is 4.79 Å². The lowest BCUT2D eigenvalue weighted by Crippen LogP contribution is -2.25. The first kappa shape index (κ1) is 10.5. The minimum absolute atomic E-state index is 0.0208. The first-order valence-electron chi connectivity index (χ1n) is 5.20. The van der Waals surface area contributed by atoms with Gasteiger partial charge in [0.05, 0.1) is 0 Å². The van der Waals surface area contributed by atoms with Gasteiger partial charge in [0.25, 0.3) is 5.91 Å². The SMILES string of the molecule is Cc1cc(Cl)cc(C(=O)NCC2CC2)c1. The Labute approximate surface area is 94.6 Å². The predicted octanol–water partition coefficient (Wildman–Crippen LogP) is 2.79. The van der Waals surface area contributed by atoms with Gasteiger partial charge in [0, 0.05) is 17.1 Å². The summed E-state index contributed by atoms with van der Waals surface area (Å²) in [5.74, 6) is 0.682. The first-order chi connectivity index (χ1) is 7.15. The zero-order chi connectivity index (χ0) is 10.8. The van der Waals surface area contributed by atoms with Crippen LogP contribution in [0.1, 0.15) is 28.8 Å². The van der Waals surface area contributed by atoms with Crippen LogP contribution in [0, 0.1) is 12.8 Å². The number of benzene rings is 1. The summed E-state index contributed by atoms with van der Waals surface area (Å²) in [6.45, 7) is 2.73. The van der Waals surface area contributed by atoms with E-state index < -0.39 is 0 Å². The maximum atomic E-state index is 11.7. The summed E-state index contributed by atoms with van der Waals surface area (Å²) in [5.41, 5.74) is 1.67. The number of halogens is 1. The molecule has 1 saturated carbocycles. The van der Waals surface area contributed by atoms with Crippen molar-refractivity contribution in [1.82, 2.24) is 5.32 Å². The average Bonchev–Trinajstić information content (AvgIpc) is 2.96. The molecular formula is C12H14ClNO. The highest BCUT2D eigenvalue weighted by Gasteiger charge is 2.21. The van der Waals surface area contributed by atoms with Gasteiger partial charge in [-0.15, -0.1) is 0 Å². The highest BCUT2D eigenvalue weighted by Crippen LogP contribution is 2.27. The number of aryl methyl sites for hydroxylation is 1. The summed E-state index contributed by atoms with van der Waals surface area (Å²) in [5, 5.41) is 3.53. The predicted molar refractivity (Wildman–Crippen MR) is 61.2 cm³/mol. The van der Waals surface area contributed by atoms with Gasteiger partial charge in [0.15, 0.2) is 0 Å². The van der Waals surface area contributed by atoms with E-state index in [0.717, 1.165) is 12.1 Å². The molecule has 1 aliphatic carbocycles. The monoisotopic (exact) mass is 223 g/mol. The second-order valence-electron chi connectivity index (χ2n) is 4.17. The Hall–Kier alpha value is -1.02. The van der Waals surface area contributed by atoms with Gasteiger partial charge in [-0.2, -0.15) is 0 Å². The van der Waals surface area contributed by atoms with Crippen LogP contribution in [0.4, 0.5) is 0 Å². The van der Waals surface area contributed by atoms with E-state index in [1.807, 2.05) is 19.1 Å². The molecular weight excluding hydrogens is 210 g/mol.